The molecule has 1 saturated carbocycles. The van der Waals surface area contributed by atoms with Crippen molar-refractivity contribution in [2.75, 3.05) is 13.1 Å². The molecule has 0 saturated heterocycles. The first-order chi connectivity index (χ1) is 11.1. The number of guanidine groups is 1. The fraction of sp³-hybridized carbons (Fsp3) is 0.714. The van der Waals surface area contributed by atoms with E-state index in [0.29, 0.717) is 24.2 Å². The molecule has 0 aliphatic heterocycles. The quantitative estimate of drug-likeness (QED) is 0.290. The van der Waals surface area contributed by atoms with E-state index in [1.165, 1.54) is 38.0 Å². The molecule has 1 aliphatic carbocycles. The Morgan fingerprint density at radius 1 is 1.35 bits per heavy atom. The van der Waals surface area contributed by atoms with E-state index in [1.807, 2.05) is 0 Å². The molecular weight excluding hydrogens is 318 g/mol. The molecule has 0 spiro atoms. The molecule has 130 valence electrons. The first-order valence-electron chi connectivity index (χ1n) is 7.98. The molecule has 0 bridgehead atoms. The summed E-state index contributed by atoms with van der Waals surface area (Å²) in [5, 5.41) is 6.80. The summed E-state index contributed by atoms with van der Waals surface area (Å²) in [6.45, 7) is 0.497. The maximum atomic E-state index is 11.8. The van der Waals surface area contributed by atoms with Gasteiger partial charge in [0.15, 0.2) is 5.96 Å². The van der Waals surface area contributed by atoms with Crippen molar-refractivity contribution in [2.24, 2.45) is 10.7 Å². The third kappa shape index (κ3) is 7.00. The molecule has 4 N–H and O–H groups in total. The van der Waals surface area contributed by atoms with Crippen molar-refractivity contribution < 1.29 is 12.9 Å². The Hall–Kier alpha value is -1.61. The molecule has 0 atom stereocenters. The molecule has 0 unspecified atom stereocenters. The standard InChI is InChI=1S/C14H25N5O3S/c15-14(18-12-5-3-1-2-4-6-12)16-8-9-17-23(20,21)11-13-7-10-22-19-13/h7,10,12,17H,1-6,8-9,11H2,(H3,15,16,18). The van der Waals surface area contributed by atoms with Gasteiger partial charge >= 0.3 is 0 Å². The lowest BCUT2D eigenvalue weighted by molar-refractivity contribution is 0.413. The van der Waals surface area contributed by atoms with E-state index in [0.717, 1.165) is 12.8 Å². The lowest BCUT2D eigenvalue weighted by Gasteiger charge is -2.16. The molecule has 9 heteroatoms. The number of nitrogens with two attached hydrogens (primary N) is 1. The minimum absolute atomic E-state index is 0.202. The minimum atomic E-state index is -3.44. The summed E-state index contributed by atoms with van der Waals surface area (Å²) < 4.78 is 30.7. The van der Waals surface area contributed by atoms with E-state index in [1.54, 1.807) is 0 Å². The highest BCUT2D eigenvalue weighted by atomic mass is 32.2. The zero-order chi connectivity index (χ0) is 16.5. The SMILES string of the molecule is NC(=NCCNS(=O)(=O)Cc1ccon1)NC1CCCCCC1. The van der Waals surface area contributed by atoms with Crippen LogP contribution in [0, 0.1) is 0 Å². The van der Waals surface area contributed by atoms with Crippen LogP contribution in [0.25, 0.3) is 0 Å². The average molecular weight is 343 g/mol. The number of rotatable bonds is 7. The summed E-state index contributed by atoms with van der Waals surface area (Å²) in [4.78, 5) is 4.17. The van der Waals surface area contributed by atoms with Crippen LogP contribution in [0.1, 0.15) is 44.2 Å². The third-order valence-electron chi connectivity index (χ3n) is 3.75. The fourth-order valence-electron chi connectivity index (χ4n) is 2.61. The van der Waals surface area contributed by atoms with Gasteiger partial charge in [-0.1, -0.05) is 30.8 Å². The molecular formula is C14H25N5O3S. The Kier molecular flexibility index (Phi) is 6.85. The van der Waals surface area contributed by atoms with Crippen LogP contribution in [0.3, 0.4) is 0 Å². The average Bonchev–Trinajstić information content (AvgIpc) is 2.85. The highest BCUT2D eigenvalue weighted by Gasteiger charge is 2.14. The van der Waals surface area contributed by atoms with Crippen LogP contribution in [-0.4, -0.2) is 38.7 Å². The first kappa shape index (κ1) is 17.7. The van der Waals surface area contributed by atoms with E-state index in [4.69, 9.17) is 5.73 Å². The van der Waals surface area contributed by atoms with Crippen LogP contribution in [0.15, 0.2) is 21.8 Å². The molecule has 0 aromatic carbocycles. The molecule has 0 amide bonds. The lowest BCUT2D eigenvalue weighted by atomic mass is 10.1. The molecule has 1 aliphatic rings. The van der Waals surface area contributed by atoms with Crippen molar-refractivity contribution in [3.63, 3.8) is 0 Å². The van der Waals surface area contributed by atoms with E-state index < -0.39 is 10.0 Å². The summed E-state index contributed by atoms with van der Waals surface area (Å²) in [5.74, 6) is 0.177. The largest absolute Gasteiger partial charge is 0.370 e. The van der Waals surface area contributed by atoms with Crippen LogP contribution in [0.4, 0.5) is 0 Å². The van der Waals surface area contributed by atoms with Crippen molar-refractivity contribution in [1.29, 1.82) is 0 Å². The number of nitrogens with zero attached hydrogens (tertiary/aromatic N) is 2. The molecule has 2 rings (SSSR count). The second-order valence-corrected chi connectivity index (χ2v) is 7.55. The second-order valence-electron chi connectivity index (χ2n) is 5.74. The number of hydrogen-bond donors (Lipinski definition) is 3. The molecule has 1 heterocycles. The molecule has 0 radical (unpaired) electrons. The van der Waals surface area contributed by atoms with Gasteiger partial charge in [-0.2, -0.15) is 0 Å². The highest BCUT2D eigenvalue weighted by molar-refractivity contribution is 7.88. The van der Waals surface area contributed by atoms with Crippen LogP contribution >= 0.6 is 0 Å². The molecule has 1 fully saturated rings. The summed E-state index contributed by atoms with van der Waals surface area (Å²) in [6.07, 6.45) is 8.56. The Bertz CT molecular complexity index is 578. The summed E-state index contributed by atoms with van der Waals surface area (Å²) in [7, 11) is -3.44. The van der Waals surface area contributed by atoms with E-state index >= 15 is 0 Å². The number of hydrogen-bond acceptors (Lipinski definition) is 5. The molecule has 1 aromatic rings. The van der Waals surface area contributed by atoms with E-state index in [9.17, 15) is 8.42 Å². The van der Waals surface area contributed by atoms with Gasteiger partial charge in [0.2, 0.25) is 10.0 Å². The maximum Gasteiger partial charge on any atom is 0.217 e. The monoisotopic (exact) mass is 343 g/mol. The van der Waals surface area contributed by atoms with Crippen molar-refractivity contribution in [1.82, 2.24) is 15.2 Å². The summed E-state index contributed by atoms with van der Waals surface area (Å²) in [5.41, 5.74) is 6.23. The number of aliphatic imine (C=N–C) groups is 1. The lowest BCUT2D eigenvalue weighted by Crippen LogP contribution is -2.40. The Balaban J connectivity index is 1.68. The number of sulfonamides is 1. The van der Waals surface area contributed by atoms with Crippen molar-refractivity contribution in [2.45, 2.75) is 50.3 Å². The predicted molar refractivity (Wildman–Crippen MR) is 88.2 cm³/mol. The first-order valence-corrected chi connectivity index (χ1v) is 9.63. The van der Waals surface area contributed by atoms with E-state index in [2.05, 4.69) is 24.7 Å². The fourth-order valence-corrected chi connectivity index (χ4v) is 3.66. The van der Waals surface area contributed by atoms with Crippen molar-refractivity contribution >= 4 is 16.0 Å². The minimum Gasteiger partial charge on any atom is -0.370 e. The normalized spacial score (nSPS) is 17.8. The van der Waals surface area contributed by atoms with Crippen molar-refractivity contribution in [3.8, 4) is 0 Å². The summed E-state index contributed by atoms with van der Waals surface area (Å²) >= 11 is 0. The van der Waals surface area contributed by atoms with Gasteiger partial charge in [0, 0.05) is 18.7 Å². The van der Waals surface area contributed by atoms with Gasteiger partial charge in [-0.05, 0) is 12.8 Å². The van der Waals surface area contributed by atoms with Gasteiger partial charge in [-0.3, -0.25) is 4.99 Å². The second kappa shape index (κ2) is 8.88. The van der Waals surface area contributed by atoms with E-state index in [-0.39, 0.29) is 12.3 Å². The van der Waals surface area contributed by atoms with Gasteiger partial charge in [-0.25, -0.2) is 13.1 Å². The topological polar surface area (TPSA) is 123 Å². The molecule has 1 aromatic heterocycles. The van der Waals surface area contributed by atoms with Crippen LogP contribution in [-0.2, 0) is 15.8 Å². The zero-order valence-corrected chi connectivity index (χ0v) is 14.0. The van der Waals surface area contributed by atoms with Gasteiger partial charge < -0.3 is 15.6 Å². The zero-order valence-electron chi connectivity index (χ0n) is 13.2. The highest BCUT2D eigenvalue weighted by Crippen LogP contribution is 2.16. The Labute approximate surface area is 137 Å². The third-order valence-corrected chi connectivity index (χ3v) is 5.07. The maximum absolute atomic E-state index is 11.8. The van der Waals surface area contributed by atoms with Gasteiger partial charge in [-0.15, -0.1) is 0 Å². The Morgan fingerprint density at radius 3 is 2.74 bits per heavy atom. The van der Waals surface area contributed by atoms with Crippen LogP contribution in [0.2, 0.25) is 0 Å². The molecule has 8 nitrogen and oxygen atoms in total. The van der Waals surface area contributed by atoms with Crippen molar-refractivity contribution in [3.05, 3.63) is 18.0 Å². The smallest absolute Gasteiger partial charge is 0.217 e. The molecule has 23 heavy (non-hydrogen) atoms. The number of aromatic nitrogens is 1. The number of nitrogens with one attached hydrogen (secondary N) is 2. The van der Waals surface area contributed by atoms with Gasteiger partial charge in [0.25, 0.3) is 0 Å². The van der Waals surface area contributed by atoms with Gasteiger partial charge in [0.05, 0.1) is 12.2 Å². The Morgan fingerprint density at radius 2 is 2.09 bits per heavy atom. The van der Waals surface area contributed by atoms with Gasteiger partial charge in [0.1, 0.15) is 12.0 Å². The summed E-state index contributed by atoms with van der Waals surface area (Å²) in [6, 6.07) is 1.90. The van der Waals surface area contributed by atoms with Crippen LogP contribution < -0.4 is 15.8 Å². The predicted octanol–water partition coefficient (Wildman–Crippen LogP) is 0.721. The van der Waals surface area contributed by atoms with Crippen LogP contribution in [0.5, 0.6) is 0 Å².